The highest BCUT2D eigenvalue weighted by atomic mass is 16.3. The molecular formula is C11H14N2O2. The van der Waals surface area contributed by atoms with Crippen LogP contribution in [-0.4, -0.2) is 12.5 Å². The van der Waals surface area contributed by atoms with Gasteiger partial charge in [-0.15, -0.1) is 0 Å². The Hall–Kier alpha value is -1.76. The highest BCUT2D eigenvalue weighted by molar-refractivity contribution is 5.92. The number of carbonyl (C=O) groups is 1. The third-order valence-corrected chi connectivity index (χ3v) is 2.06. The number of hydrogen-bond donors (Lipinski definition) is 1. The molecule has 0 unspecified atom stereocenters. The van der Waals surface area contributed by atoms with E-state index in [1.807, 2.05) is 0 Å². The normalized spacial score (nSPS) is 10.8. The van der Waals surface area contributed by atoms with E-state index in [2.05, 4.69) is 11.4 Å². The number of nitriles is 1. The molecule has 80 valence electrons. The second-order valence-electron chi connectivity index (χ2n) is 4.11. The van der Waals surface area contributed by atoms with Crippen LogP contribution < -0.4 is 5.32 Å². The first kappa shape index (κ1) is 11.3. The summed E-state index contributed by atoms with van der Waals surface area (Å²) in [5.74, 6) is 0.0320. The molecule has 0 aromatic carbocycles. The van der Waals surface area contributed by atoms with Gasteiger partial charge in [0.1, 0.15) is 0 Å². The second-order valence-corrected chi connectivity index (χ2v) is 4.11. The monoisotopic (exact) mass is 206 g/mol. The summed E-state index contributed by atoms with van der Waals surface area (Å²) in [6, 6.07) is 3.84. The summed E-state index contributed by atoms with van der Waals surface area (Å²) in [7, 11) is 0. The van der Waals surface area contributed by atoms with Crippen LogP contribution >= 0.6 is 0 Å². The smallest absolute Gasteiger partial charge is 0.287 e. The Morgan fingerprint density at radius 1 is 1.67 bits per heavy atom. The molecule has 1 aromatic heterocycles. The highest BCUT2D eigenvalue weighted by Crippen LogP contribution is 2.12. The van der Waals surface area contributed by atoms with E-state index in [-0.39, 0.29) is 5.91 Å². The van der Waals surface area contributed by atoms with Gasteiger partial charge in [-0.1, -0.05) is 0 Å². The lowest BCUT2D eigenvalue weighted by molar-refractivity contribution is 0.0915. The minimum atomic E-state index is -0.559. The first-order chi connectivity index (χ1) is 6.96. The van der Waals surface area contributed by atoms with E-state index in [4.69, 9.17) is 9.68 Å². The Labute approximate surface area is 88.9 Å². The quantitative estimate of drug-likeness (QED) is 0.820. The summed E-state index contributed by atoms with van der Waals surface area (Å²) in [5.41, 5.74) is 0.234. The molecule has 0 saturated heterocycles. The minimum absolute atomic E-state index is 0.277. The van der Waals surface area contributed by atoms with Gasteiger partial charge in [-0.2, -0.15) is 5.26 Å². The van der Waals surface area contributed by atoms with Crippen LogP contribution in [0.1, 0.15) is 30.0 Å². The van der Waals surface area contributed by atoms with Crippen molar-refractivity contribution in [3.05, 3.63) is 23.7 Å². The number of nitrogens with zero attached hydrogens (tertiary/aromatic N) is 1. The Kier molecular flexibility index (Phi) is 3.15. The van der Waals surface area contributed by atoms with Gasteiger partial charge >= 0.3 is 0 Å². The van der Waals surface area contributed by atoms with E-state index in [1.54, 1.807) is 26.8 Å². The number of nitrogens with one attached hydrogen (secondary N) is 1. The van der Waals surface area contributed by atoms with E-state index in [0.717, 1.165) is 5.56 Å². The summed E-state index contributed by atoms with van der Waals surface area (Å²) >= 11 is 0. The lowest BCUT2D eigenvalue weighted by Gasteiger charge is -2.15. The molecule has 1 heterocycles. The highest BCUT2D eigenvalue weighted by Gasteiger charge is 2.19. The van der Waals surface area contributed by atoms with Crippen LogP contribution in [0.4, 0.5) is 0 Å². The molecular weight excluding hydrogens is 192 g/mol. The SMILES string of the molecule is Cc1ccoc1C(=O)NCC(C)(C)C#N. The Balaban J connectivity index is 2.59. The fraction of sp³-hybridized carbons (Fsp3) is 0.455. The standard InChI is InChI=1S/C11H14N2O2/c1-8-4-5-15-9(8)10(14)13-7-11(2,3)6-12/h4-5H,7H2,1-3H3,(H,13,14). The summed E-state index contributed by atoms with van der Waals surface area (Å²) in [5, 5.41) is 11.4. The number of aryl methyl sites for hydroxylation is 1. The molecule has 0 aliphatic rings. The van der Waals surface area contributed by atoms with Crippen LogP contribution in [-0.2, 0) is 0 Å². The van der Waals surface area contributed by atoms with Crippen molar-refractivity contribution in [1.29, 1.82) is 5.26 Å². The predicted molar refractivity (Wildman–Crippen MR) is 55.2 cm³/mol. The number of carbonyl (C=O) groups excluding carboxylic acids is 1. The van der Waals surface area contributed by atoms with Crippen molar-refractivity contribution in [3.8, 4) is 6.07 Å². The van der Waals surface area contributed by atoms with Crippen LogP contribution in [0.2, 0.25) is 0 Å². The molecule has 1 aromatic rings. The Bertz CT molecular complexity index is 399. The zero-order chi connectivity index (χ0) is 11.5. The molecule has 4 heteroatoms. The molecule has 0 bridgehead atoms. The van der Waals surface area contributed by atoms with Crippen molar-refractivity contribution >= 4 is 5.91 Å². The van der Waals surface area contributed by atoms with Crippen molar-refractivity contribution in [1.82, 2.24) is 5.32 Å². The molecule has 0 spiro atoms. The van der Waals surface area contributed by atoms with Crippen molar-refractivity contribution in [3.63, 3.8) is 0 Å². The molecule has 1 amide bonds. The van der Waals surface area contributed by atoms with Crippen molar-refractivity contribution in [2.45, 2.75) is 20.8 Å². The average molecular weight is 206 g/mol. The molecule has 0 atom stereocenters. The third-order valence-electron chi connectivity index (χ3n) is 2.06. The molecule has 1 rings (SSSR count). The van der Waals surface area contributed by atoms with Crippen LogP contribution in [0.3, 0.4) is 0 Å². The summed E-state index contributed by atoms with van der Waals surface area (Å²) in [6.45, 7) is 5.64. The summed E-state index contributed by atoms with van der Waals surface area (Å²) < 4.78 is 5.03. The number of furan rings is 1. The molecule has 0 aliphatic heterocycles. The Morgan fingerprint density at radius 3 is 2.80 bits per heavy atom. The van der Waals surface area contributed by atoms with Crippen molar-refractivity contribution < 1.29 is 9.21 Å². The Morgan fingerprint density at radius 2 is 2.33 bits per heavy atom. The predicted octanol–water partition coefficient (Wildman–Crippen LogP) is 1.87. The van der Waals surface area contributed by atoms with Gasteiger partial charge in [0.25, 0.3) is 5.91 Å². The fourth-order valence-corrected chi connectivity index (χ4v) is 1.03. The zero-order valence-corrected chi connectivity index (χ0v) is 9.13. The summed E-state index contributed by atoms with van der Waals surface area (Å²) in [6.07, 6.45) is 1.47. The molecule has 0 radical (unpaired) electrons. The van der Waals surface area contributed by atoms with E-state index in [0.29, 0.717) is 12.3 Å². The van der Waals surface area contributed by atoms with Crippen LogP contribution in [0.15, 0.2) is 16.7 Å². The molecule has 1 N–H and O–H groups in total. The molecule has 0 fully saturated rings. The van der Waals surface area contributed by atoms with Gasteiger partial charge in [0, 0.05) is 12.1 Å². The zero-order valence-electron chi connectivity index (χ0n) is 9.13. The van der Waals surface area contributed by atoms with E-state index < -0.39 is 5.41 Å². The number of hydrogen-bond acceptors (Lipinski definition) is 3. The van der Waals surface area contributed by atoms with E-state index in [1.165, 1.54) is 6.26 Å². The summed E-state index contributed by atoms with van der Waals surface area (Å²) in [4.78, 5) is 11.6. The first-order valence-corrected chi connectivity index (χ1v) is 4.70. The van der Waals surface area contributed by atoms with Crippen molar-refractivity contribution in [2.75, 3.05) is 6.54 Å². The van der Waals surface area contributed by atoms with Crippen LogP contribution in [0.5, 0.6) is 0 Å². The number of amides is 1. The third kappa shape index (κ3) is 2.84. The van der Waals surface area contributed by atoms with Gasteiger partial charge in [-0.3, -0.25) is 4.79 Å². The lowest BCUT2D eigenvalue weighted by atomic mass is 9.96. The van der Waals surface area contributed by atoms with Gasteiger partial charge in [0.2, 0.25) is 0 Å². The maximum Gasteiger partial charge on any atom is 0.287 e. The van der Waals surface area contributed by atoms with Gasteiger partial charge in [0.05, 0.1) is 17.7 Å². The van der Waals surface area contributed by atoms with Crippen molar-refractivity contribution in [2.24, 2.45) is 5.41 Å². The van der Waals surface area contributed by atoms with E-state index >= 15 is 0 Å². The fourth-order valence-electron chi connectivity index (χ4n) is 1.03. The van der Waals surface area contributed by atoms with Gasteiger partial charge in [0.15, 0.2) is 5.76 Å². The molecule has 0 aliphatic carbocycles. The maximum absolute atomic E-state index is 11.6. The number of rotatable bonds is 3. The second kappa shape index (κ2) is 4.18. The van der Waals surface area contributed by atoms with Gasteiger partial charge < -0.3 is 9.73 Å². The van der Waals surface area contributed by atoms with Crippen LogP contribution in [0, 0.1) is 23.7 Å². The molecule has 0 saturated carbocycles. The molecule has 4 nitrogen and oxygen atoms in total. The molecule has 15 heavy (non-hydrogen) atoms. The van der Waals surface area contributed by atoms with Gasteiger partial charge in [-0.25, -0.2) is 0 Å². The average Bonchev–Trinajstić information content (AvgIpc) is 2.61. The lowest BCUT2D eigenvalue weighted by Crippen LogP contribution is -2.33. The first-order valence-electron chi connectivity index (χ1n) is 4.70. The largest absolute Gasteiger partial charge is 0.459 e. The maximum atomic E-state index is 11.6. The van der Waals surface area contributed by atoms with Crippen LogP contribution in [0.25, 0.3) is 0 Å². The van der Waals surface area contributed by atoms with E-state index in [9.17, 15) is 4.79 Å². The topological polar surface area (TPSA) is 66.0 Å². The van der Waals surface area contributed by atoms with Gasteiger partial charge in [-0.05, 0) is 26.8 Å². The minimum Gasteiger partial charge on any atom is -0.459 e.